The van der Waals surface area contributed by atoms with Crippen LogP contribution in [0.25, 0.3) is 0 Å². The molecule has 1 aliphatic rings. The molecular weight excluding hydrogens is 633 g/mol. The highest BCUT2D eigenvalue weighted by molar-refractivity contribution is 8.07. The SMILES string of the molecule is CCCCCCCCCCCCCCCCCCCC(=O)NCCC[C@@H]1O[C@H](COC(C)(C)C)[C@@H](OP(O)(=S)OC(C)(C)C)[C@H]1OC. The Labute approximate surface area is 294 Å². The first-order valence-corrected chi connectivity index (χ1v) is 21.6. The van der Waals surface area contributed by atoms with Gasteiger partial charge in [0.25, 0.3) is 0 Å². The third-order valence-corrected chi connectivity index (χ3v) is 10.3. The van der Waals surface area contributed by atoms with Crippen molar-refractivity contribution >= 4 is 24.4 Å². The van der Waals surface area contributed by atoms with Crippen molar-refractivity contribution in [3.63, 3.8) is 0 Å². The second-order valence-electron chi connectivity index (χ2n) is 15.5. The van der Waals surface area contributed by atoms with E-state index < -0.39 is 30.6 Å². The Hall–Kier alpha value is -0.120. The smallest absolute Gasteiger partial charge is 0.325 e. The average molecular weight is 708 g/mol. The molecule has 1 fully saturated rings. The highest BCUT2D eigenvalue weighted by atomic mass is 32.5. The fraction of sp³-hybridized carbons (Fsp3) is 0.973. The molecule has 10 heteroatoms. The summed E-state index contributed by atoms with van der Waals surface area (Å²) in [5, 5.41) is 3.06. The number of carbonyl (C=O) groups is 1. The fourth-order valence-electron chi connectivity index (χ4n) is 6.07. The zero-order valence-corrected chi connectivity index (χ0v) is 33.3. The van der Waals surface area contributed by atoms with E-state index in [1.165, 1.54) is 96.3 Å². The number of nitrogens with one attached hydrogen (secondary N) is 1. The molecule has 0 aromatic heterocycles. The lowest BCUT2D eigenvalue weighted by Crippen LogP contribution is -2.39. The molecule has 1 heterocycles. The van der Waals surface area contributed by atoms with Gasteiger partial charge >= 0.3 is 6.72 Å². The van der Waals surface area contributed by atoms with Crippen molar-refractivity contribution in [1.29, 1.82) is 0 Å². The van der Waals surface area contributed by atoms with Crippen molar-refractivity contribution in [1.82, 2.24) is 5.32 Å². The van der Waals surface area contributed by atoms with Crippen LogP contribution in [0.2, 0.25) is 0 Å². The summed E-state index contributed by atoms with van der Waals surface area (Å²) in [5.41, 5.74) is -1.03. The molecule has 0 saturated carbocycles. The summed E-state index contributed by atoms with van der Waals surface area (Å²) in [6, 6.07) is 0. The number of hydrogen-bond donors (Lipinski definition) is 2. The predicted octanol–water partition coefficient (Wildman–Crippen LogP) is 9.94. The van der Waals surface area contributed by atoms with Crippen LogP contribution in [0, 0.1) is 0 Å². The largest absolute Gasteiger partial charge is 0.376 e. The molecule has 0 aromatic carbocycles. The van der Waals surface area contributed by atoms with Gasteiger partial charge in [0.15, 0.2) is 0 Å². The number of methoxy groups -OCH3 is 1. The summed E-state index contributed by atoms with van der Waals surface area (Å²) in [6.45, 7) is 11.0. The van der Waals surface area contributed by atoms with Gasteiger partial charge in [0.05, 0.1) is 23.9 Å². The highest BCUT2D eigenvalue weighted by Gasteiger charge is 2.48. The first-order chi connectivity index (χ1) is 22.2. The second-order valence-corrected chi connectivity index (χ2v) is 18.2. The van der Waals surface area contributed by atoms with E-state index in [2.05, 4.69) is 12.2 Å². The number of hydrogen-bond acceptors (Lipinski definition) is 7. The van der Waals surface area contributed by atoms with Crippen molar-refractivity contribution in [3.05, 3.63) is 0 Å². The van der Waals surface area contributed by atoms with Gasteiger partial charge in [-0.1, -0.05) is 110 Å². The number of rotatable bonds is 28. The van der Waals surface area contributed by atoms with E-state index in [0.717, 1.165) is 19.3 Å². The van der Waals surface area contributed by atoms with Crippen LogP contribution in [0.15, 0.2) is 0 Å². The molecule has 5 atom stereocenters. The molecule has 8 nitrogen and oxygen atoms in total. The summed E-state index contributed by atoms with van der Waals surface area (Å²) < 4.78 is 29.9. The van der Waals surface area contributed by atoms with Crippen LogP contribution >= 0.6 is 6.72 Å². The first kappa shape index (κ1) is 44.9. The summed E-state index contributed by atoms with van der Waals surface area (Å²) in [6.07, 6.45) is 22.8. The second kappa shape index (κ2) is 24.9. The summed E-state index contributed by atoms with van der Waals surface area (Å²) in [7, 11) is 1.61. The minimum atomic E-state index is -3.56. The van der Waals surface area contributed by atoms with Crippen LogP contribution in [-0.4, -0.2) is 66.7 Å². The molecule has 1 aliphatic heterocycles. The molecular formula is C37H74NO7PS. The molecule has 0 aliphatic carbocycles. The Kier molecular flexibility index (Phi) is 23.8. The van der Waals surface area contributed by atoms with Gasteiger partial charge in [-0.2, -0.15) is 0 Å². The van der Waals surface area contributed by atoms with Crippen LogP contribution in [0.4, 0.5) is 0 Å². The average Bonchev–Trinajstić information content (AvgIpc) is 3.29. The number of amides is 1. The minimum absolute atomic E-state index is 0.111. The monoisotopic (exact) mass is 707 g/mol. The standard InChI is InChI=1S/C37H74NO7PS/c1-9-10-11-12-13-14-15-16-17-18-19-20-21-22-23-24-25-28-33(39)38-29-26-27-31-34(41-8)35(32(43-31)30-42-36(2,3)4)44-46(40,47)45-37(5,6)7/h31-32,34-35H,9-30H2,1-8H3,(H,38,39)(H,40,47)/t31-,32+,34-,35+,46?/m0/s1. The predicted molar refractivity (Wildman–Crippen MR) is 198 cm³/mol. The Morgan fingerprint density at radius 2 is 1.23 bits per heavy atom. The fourth-order valence-corrected chi connectivity index (χ4v) is 8.33. The lowest BCUT2D eigenvalue weighted by molar-refractivity contribution is -0.121. The molecule has 0 aromatic rings. The number of unbranched alkanes of at least 4 members (excludes halogenated alkanes) is 16. The maximum absolute atomic E-state index is 12.4. The van der Waals surface area contributed by atoms with Crippen LogP contribution < -0.4 is 5.32 Å². The molecule has 1 amide bonds. The summed E-state index contributed by atoms with van der Waals surface area (Å²) >= 11 is 5.34. The topological polar surface area (TPSA) is 95.5 Å². The van der Waals surface area contributed by atoms with Gasteiger partial charge in [-0.05, 0) is 72.6 Å². The Balaban J connectivity index is 2.23. The van der Waals surface area contributed by atoms with Gasteiger partial charge in [-0.15, -0.1) is 0 Å². The molecule has 0 radical (unpaired) electrons. The molecule has 1 saturated heterocycles. The van der Waals surface area contributed by atoms with E-state index in [1.54, 1.807) is 7.11 Å². The maximum Gasteiger partial charge on any atom is 0.325 e. The molecule has 1 rings (SSSR count). The van der Waals surface area contributed by atoms with E-state index in [9.17, 15) is 9.69 Å². The normalized spacial score (nSPS) is 21.6. The molecule has 1 unspecified atom stereocenters. The van der Waals surface area contributed by atoms with Gasteiger partial charge in [0.1, 0.15) is 18.3 Å². The lowest BCUT2D eigenvalue weighted by atomic mass is 10.0. The molecule has 280 valence electrons. The van der Waals surface area contributed by atoms with Gasteiger partial charge in [0.2, 0.25) is 5.91 Å². The first-order valence-electron chi connectivity index (χ1n) is 19.0. The van der Waals surface area contributed by atoms with Crippen LogP contribution in [0.3, 0.4) is 0 Å². The van der Waals surface area contributed by atoms with Gasteiger partial charge in [0, 0.05) is 20.1 Å². The van der Waals surface area contributed by atoms with Gasteiger partial charge < -0.3 is 28.9 Å². The third-order valence-electron chi connectivity index (χ3n) is 8.50. The number of ether oxygens (including phenoxy) is 3. The van der Waals surface area contributed by atoms with E-state index in [-0.39, 0.29) is 24.2 Å². The van der Waals surface area contributed by atoms with Crippen molar-refractivity contribution < 1.29 is 32.9 Å². The quantitative estimate of drug-likeness (QED) is 0.0613. The van der Waals surface area contributed by atoms with Crippen molar-refractivity contribution in [2.75, 3.05) is 20.3 Å². The van der Waals surface area contributed by atoms with Crippen molar-refractivity contribution in [2.45, 2.75) is 213 Å². The van der Waals surface area contributed by atoms with E-state index >= 15 is 0 Å². The van der Waals surface area contributed by atoms with Crippen molar-refractivity contribution in [2.24, 2.45) is 0 Å². The molecule has 0 bridgehead atoms. The van der Waals surface area contributed by atoms with E-state index in [1.807, 2.05) is 41.5 Å². The lowest BCUT2D eigenvalue weighted by Gasteiger charge is -2.31. The highest BCUT2D eigenvalue weighted by Crippen LogP contribution is 2.51. The summed E-state index contributed by atoms with van der Waals surface area (Å²) in [4.78, 5) is 23.2. The zero-order valence-electron chi connectivity index (χ0n) is 31.6. The summed E-state index contributed by atoms with van der Waals surface area (Å²) in [5.74, 6) is 0.111. The third kappa shape index (κ3) is 23.8. The number of carbonyl (C=O) groups excluding carboxylic acids is 1. The van der Waals surface area contributed by atoms with Crippen LogP contribution in [0.5, 0.6) is 0 Å². The minimum Gasteiger partial charge on any atom is -0.376 e. The maximum atomic E-state index is 12.4. The Morgan fingerprint density at radius 3 is 1.68 bits per heavy atom. The van der Waals surface area contributed by atoms with E-state index in [4.69, 9.17) is 35.1 Å². The van der Waals surface area contributed by atoms with Crippen molar-refractivity contribution in [3.8, 4) is 0 Å². The molecule has 0 spiro atoms. The van der Waals surface area contributed by atoms with E-state index in [0.29, 0.717) is 19.4 Å². The molecule has 47 heavy (non-hydrogen) atoms. The van der Waals surface area contributed by atoms with Crippen LogP contribution in [0.1, 0.15) is 177 Å². The van der Waals surface area contributed by atoms with Crippen LogP contribution in [-0.2, 0) is 39.9 Å². The zero-order chi connectivity index (χ0) is 35.2. The molecule has 2 N–H and O–H groups in total. The van der Waals surface area contributed by atoms with Gasteiger partial charge in [-0.25, -0.2) is 0 Å². The van der Waals surface area contributed by atoms with Gasteiger partial charge in [-0.3, -0.25) is 9.32 Å². The Bertz CT molecular complexity index is 848. The Morgan fingerprint density at radius 1 is 0.745 bits per heavy atom.